The second-order valence-electron chi connectivity index (χ2n) is 3.61. The lowest BCUT2D eigenvalue weighted by atomic mass is 10.0. The minimum absolute atomic E-state index is 0.444. The Balaban J connectivity index is 2.12. The normalized spacial score (nSPS) is 18.2. The number of aromatic nitrogens is 1. The zero-order chi connectivity index (χ0) is 8.55. The first-order chi connectivity index (χ1) is 5.77. The van der Waals surface area contributed by atoms with Crippen molar-refractivity contribution < 1.29 is 4.42 Å². The fourth-order valence-electron chi connectivity index (χ4n) is 1.22. The summed E-state index contributed by atoms with van der Waals surface area (Å²) in [5, 5.41) is 3.20. The van der Waals surface area contributed by atoms with Crippen LogP contribution in [0.25, 0.3) is 0 Å². The number of rotatable bonds is 2. The molecule has 0 bridgehead atoms. The van der Waals surface area contributed by atoms with Crippen LogP contribution in [0.3, 0.4) is 0 Å². The topological polar surface area (TPSA) is 38.1 Å². The van der Waals surface area contributed by atoms with E-state index in [0.29, 0.717) is 11.8 Å². The van der Waals surface area contributed by atoms with E-state index >= 15 is 0 Å². The predicted molar refractivity (Wildman–Crippen MR) is 46.2 cm³/mol. The average Bonchev–Trinajstić information content (AvgIpc) is 2.32. The molecule has 2 heterocycles. The van der Waals surface area contributed by atoms with Gasteiger partial charge in [-0.15, -0.1) is 0 Å². The van der Waals surface area contributed by atoms with Crippen molar-refractivity contribution in [2.24, 2.45) is 0 Å². The summed E-state index contributed by atoms with van der Waals surface area (Å²) in [5.41, 5.74) is 0. The molecule has 0 spiro atoms. The third-order valence-electron chi connectivity index (χ3n) is 2.24. The molecule has 0 unspecified atom stereocenters. The Morgan fingerprint density at radius 1 is 1.58 bits per heavy atom. The minimum atomic E-state index is 0.444. The highest BCUT2D eigenvalue weighted by Gasteiger charge is 2.23. The summed E-state index contributed by atoms with van der Waals surface area (Å²) in [7, 11) is 0. The molecule has 0 amide bonds. The van der Waals surface area contributed by atoms with Crippen molar-refractivity contribution in [3.63, 3.8) is 0 Å². The van der Waals surface area contributed by atoms with Crippen LogP contribution in [0.15, 0.2) is 10.6 Å². The van der Waals surface area contributed by atoms with Crippen molar-refractivity contribution in [1.29, 1.82) is 0 Å². The van der Waals surface area contributed by atoms with Gasteiger partial charge in [-0.05, 0) is 0 Å². The van der Waals surface area contributed by atoms with Gasteiger partial charge in [0.2, 0.25) is 0 Å². The first-order valence-electron chi connectivity index (χ1n) is 4.43. The molecule has 3 nitrogen and oxygen atoms in total. The van der Waals surface area contributed by atoms with E-state index < -0.39 is 0 Å². The van der Waals surface area contributed by atoms with Crippen molar-refractivity contribution >= 4 is 0 Å². The van der Waals surface area contributed by atoms with Crippen LogP contribution in [0.1, 0.15) is 37.3 Å². The Hall–Kier alpha value is -0.830. The number of nitrogens with zero attached hydrogens (tertiary/aromatic N) is 1. The third kappa shape index (κ3) is 1.25. The zero-order valence-corrected chi connectivity index (χ0v) is 7.50. The Bertz CT molecular complexity index is 263. The van der Waals surface area contributed by atoms with Gasteiger partial charge in [-0.25, -0.2) is 4.98 Å². The van der Waals surface area contributed by atoms with Crippen LogP contribution in [0.4, 0.5) is 0 Å². The summed E-state index contributed by atoms with van der Waals surface area (Å²) in [6.45, 7) is 6.25. The lowest BCUT2D eigenvalue weighted by Gasteiger charge is -2.23. The summed E-state index contributed by atoms with van der Waals surface area (Å²) in [6, 6.07) is 0. The predicted octanol–water partition coefficient (Wildman–Crippen LogP) is 1.48. The van der Waals surface area contributed by atoms with E-state index in [0.717, 1.165) is 24.7 Å². The highest BCUT2D eigenvalue weighted by Crippen LogP contribution is 2.22. The first kappa shape index (κ1) is 7.80. The fraction of sp³-hybridized carbons (Fsp3) is 0.667. The molecule has 12 heavy (non-hydrogen) atoms. The van der Waals surface area contributed by atoms with Crippen LogP contribution in [-0.4, -0.2) is 18.1 Å². The highest BCUT2D eigenvalue weighted by molar-refractivity contribution is 5.06. The van der Waals surface area contributed by atoms with Crippen LogP contribution in [0.2, 0.25) is 0 Å². The maximum atomic E-state index is 5.60. The van der Waals surface area contributed by atoms with Crippen molar-refractivity contribution in [3.8, 4) is 0 Å². The summed E-state index contributed by atoms with van der Waals surface area (Å²) < 4.78 is 5.60. The zero-order valence-electron chi connectivity index (χ0n) is 7.50. The summed E-state index contributed by atoms with van der Waals surface area (Å²) in [6.07, 6.45) is 1.85. The lowest BCUT2D eigenvalue weighted by Crippen LogP contribution is -2.40. The first-order valence-corrected chi connectivity index (χ1v) is 4.43. The maximum Gasteiger partial charge on any atom is 0.200 e. The third-order valence-corrected chi connectivity index (χ3v) is 2.24. The Morgan fingerprint density at radius 3 is 2.75 bits per heavy atom. The van der Waals surface area contributed by atoms with Crippen LogP contribution in [0.5, 0.6) is 0 Å². The molecular formula is C9H14N2O. The molecule has 0 saturated carbocycles. The lowest BCUT2D eigenvalue weighted by molar-refractivity contribution is 0.340. The number of hydrogen-bond acceptors (Lipinski definition) is 3. The summed E-state index contributed by atoms with van der Waals surface area (Å²) in [4.78, 5) is 4.25. The molecule has 0 aliphatic carbocycles. The Labute approximate surface area is 72.2 Å². The molecule has 1 aromatic rings. The molecule has 1 N–H and O–H groups in total. The van der Waals surface area contributed by atoms with Gasteiger partial charge in [0.1, 0.15) is 5.76 Å². The van der Waals surface area contributed by atoms with E-state index in [1.54, 1.807) is 0 Å². The molecule has 3 heteroatoms. The van der Waals surface area contributed by atoms with Crippen LogP contribution >= 0.6 is 0 Å². The SMILES string of the molecule is CC(C)c1cnc(C2CNC2)o1. The van der Waals surface area contributed by atoms with E-state index in [1.807, 2.05) is 6.20 Å². The smallest absolute Gasteiger partial charge is 0.200 e. The maximum absolute atomic E-state index is 5.60. The Morgan fingerprint density at radius 2 is 2.33 bits per heavy atom. The van der Waals surface area contributed by atoms with Crippen LogP contribution in [0, 0.1) is 0 Å². The standard InChI is InChI=1S/C9H14N2O/c1-6(2)8-5-11-9(12-8)7-3-10-4-7/h5-7,10H,3-4H2,1-2H3. The molecule has 0 aromatic carbocycles. The van der Waals surface area contributed by atoms with Gasteiger partial charge in [-0.1, -0.05) is 13.8 Å². The molecular weight excluding hydrogens is 152 g/mol. The van der Waals surface area contributed by atoms with Crippen molar-refractivity contribution in [2.75, 3.05) is 13.1 Å². The number of nitrogens with one attached hydrogen (secondary N) is 1. The molecule has 1 saturated heterocycles. The van der Waals surface area contributed by atoms with Crippen molar-refractivity contribution in [3.05, 3.63) is 17.8 Å². The molecule has 1 fully saturated rings. The minimum Gasteiger partial charge on any atom is -0.445 e. The van der Waals surface area contributed by atoms with E-state index in [1.165, 1.54) is 0 Å². The van der Waals surface area contributed by atoms with Crippen LogP contribution in [-0.2, 0) is 0 Å². The highest BCUT2D eigenvalue weighted by atomic mass is 16.4. The summed E-state index contributed by atoms with van der Waals surface area (Å²) >= 11 is 0. The van der Waals surface area contributed by atoms with Gasteiger partial charge in [-0.2, -0.15) is 0 Å². The fourth-order valence-corrected chi connectivity index (χ4v) is 1.22. The average molecular weight is 166 g/mol. The van der Waals surface area contributed by atoms with Crippen LogP contribution < -0.4 is 5.32 Å². The van der Waals surface area contributed by atoms with Gasteiger partial charge < -0.3 is 9.73 Å². The second-order valence-corrected chi connectivity index (χ2v) is 3.61. The second kappa shape index (κ2) is 2.90. The quantitative estimate of drug-likeness (QED) is 0.723. The molecule has 2 rings (SSSR count). The van der Waals surface area contributed by atoms with Gasteiger partial charge in [0.05, 0.1) is 12.1 Å². The van der Waals surface area contributed by atoms with Gasteiger partial charge in [0.25, 0.3) is 0 Å². The number of oxazole rings is 1. The van der Waals surface area contributed by atoms with Gasteiger partial charge in [-0.3, -0.25) is 0 Å². The number of hydrogen-bond donors (Lipinski definition) is 1. The molecule has 0 atom stereocenters. The van der Waals surface area contributed by atoms with E-state index in [-0.39, 0.29) is 0 Å². The molecule has 66 valence electrons. The van der Waals surface area contributed by atoms with Crippen molar-refractivity contribution in [2.45, 2.75) is 25.7 Å². The van der Waals surface area contributed by atoms with E-state index in [9.17, 15) is 0 Å². The molecule has 1 aliphatic heterocycles. The van der Waals surface area contributed by atoms with Gasteiger partial charge >= 0.3 is 0 Å². The van der Waals surface area contributed by atoms with Gasteiger partial charge in [0.15, 0.2) is 5.89 Å². The monoisotopic (exact) mass is 166 g/mol. The summed E-state index contributed by atoms with van der Waals surface area (Å²) in [5.74, 6) is 2.85. The Kier molecular flexibility index (Phi) is 1.89. The van der Waals surface area contributed by atoms with Gasteiger partial charge in [0, 0.05) is 19.0 Å². The molecule has 1 aliphatic rings. The van der Waals surface area contributed by atoms with E-state index in [4.69, 9.17) is 4.42 Å². The van der Waals surface area contributed by atoms with Crippen molar-refractivity contribution in [1.82, 2.24) is 10.3 Å². The molecule has 0 radical (unpaired) electrons. The largest absolute Gasteiger partial charge is 0.445 e. The van der Waals surface area contributed by atoms with E-state index in [2.05, 4.69) is 24.1 Å². The molecule has 1 aromatic heterocycles.